The van der Waals surface area contributed by atoms with Gasteiger partial charge in [0.15, 0.2) is 5.76 Å². The van der Waals surface area contributed by atoms with Crippen LogP contribution in [0.5, 0.6) is 23.0 Å². The van der Waals surface area contributed by atoms with Crippen molar-refractivity contribution in [2.24, 2.45) is 0 Å². The maximum atomic E-state index is 13.7. The summed E-state index contributed by atoms with van der Waals surface area (Å²) in [5, 5.41) is 81.1. The number of benzene rings is 2. The molecular weight excluding hydrogens is 548 g/mol. The second-order valence-corrected chi connectivity index (χ2v) is 10.1. The van der Waals surface area contributed by atoms with Crippen LogP contribution in [0.4, 0.5) is 0 Å². The van der Waals surface area contributed by atoms with Crippen LogP contribution in [0.15, 0.2) is 45.6 Å². The lowest BCUT2D eigenvalue weighted by atomic mass is 10.00. The number of ether oxygens (including phenoxy) is 4. The molecule has 0 amide bonds. The lowest BCUT2D eigenvalue weighted by Gasteiger charge is -2.39. The average molecular weight is 579 g/mol. The SMILES string of the molecule is C[C@H]1OC(Oc2cc(O)c3c(=O)c(OC4O[C@H](C)[C@@H](O)[C@H](O)[C@@H]4O)c(-c4ccc(O)cc4)oc3c2)[C@@H](O)[C@@H](O)[C@@H]1O. The highest BCUT2D eigenvalue weighted by atomic mass is 16.7. The standard InChI is InChI=1S/C27H30O14/c1-9-17(30)20(33)22(35)26(37-9)39-13-7-14(29)16-15(8-13)40-24(11-3-5-12(28)6-4-11)25(19(16)32)41-27-23(36)21(34)18(31)10(2)38-27/h3-10,17-18,20-23,26-31,33-36H,1-2H3/t9-,10-,17-,18-,20+,21+,22+,23+,26?,27?/m1/s1. The highest BCUT2D eigenvalue weighted by molar-refractivity contribution is 5.88. The minimum Gasteiger partial charge on any atom is -0.508 e. The van der Waals surface area contributed by atoms with E-state index in [0.717, 1.165) is 6.07 Å². The fourth-order valence-electron chi connectivity index (χ4n) is 4.71. The van der Waals surface area contributed by atoms with Crippen molar-refractivity contribution >= 4 is 11.0 Å². The van der Waals surface area contributed by atoms with Crippen LogP contribution in [0.3, 0.4) is 0 Å². The molecule has 0 aliphatic carbocycles. The number of phenolic OH excluding ortho intramolecular Hbond substituents is 2. The van der Waals surface area contributed by atoms with Crippen LogP contribution in [0.25, 0.3) is 22.3 Å². The second kappa shape index (κ2) is 11.1. The molecule has 2 fully saturated rings. The van der Waals surface area contributed by atoms with E-state index in [4.69, 9.17) is 23.4 Å². The molecule has 3 heterocycles. The van der Waals surface area contributed by atoms with Gasteiger partial charge in [-0.2, -0.15) is 0 Å². The zero-order valence-corrected chi connectivity index (χ0v) is 21.8. The minimum absolute atomic E-state index is 0.0859. The Morgan fingerprint density at radius 1 is 0.707 bits per heavy atom. The zero-order chi connectivity index (χ0) is 29.7. The van der Waals surface area contributed by atoms with E-state index in [2.05, 4.69) is 0 Å². The Bertz CT molecular complexity index is 1460. The molecule has 41 heavy (non-hydrogen) atoms. The Hall–Kier alpha value is -3.47. The molecule has 2 aromatic carbocycles. The topological polar surface area (TPSA) is 229 Å². The lowest BCUT2D eigenvalue weighted by molar-refractivity contribution is -0.268. The molecule has 2 aliphatic rings. The highest BCUT2D eigenvalue weighted by Crippen LogP contribution is 2.38. The van der Waals surface area contributed by atoms with Gasteiger partial charge in [0.1, 0.15) is 64.8 Å². The summed E-state index contributed by atoms with van der Waals surface area (Å²) in [6, 6.07) is 7.71. The predicted octanol–water partition coefficient (Wildman–Crippen LogP) is -0.716. The molecular formula is C27H30O14. The first kappa shape index (κ1) is 29.0. The minimum atomic E-state index is -1.76. The number of hydrogen-bond donors (Lipinski definition) is 8. The molecule has 0 spiro atoms. The first-order chi connectivity index (χ1) is 19.4. The first-order valence-corrected chi connectivity index (χ1v) is 12.7. The average Bonchev–Trinajstić information content (AvgIpc) is 2.93. The quantitative estimate of drug-likeness (QED) is 0.187. The van der Waals surface area contributed by atoms with E-state index in [9.17, 15) is 45.6 Å². The summed E-state index contributed by atoms with van der Waals surface area (Å²) in [7, 11) is 0. The highest BCUT2D eigenvalue weighted by Gasteiger charge is 2.45. The van der Waals surface area contributed by atoms with Gasteiger partial charge in [0.2, 0.25) is 23.8 Å². The number of rotatable bonds is 5. The molecule has 0 radical (unpaired) electrons. The van der Waals surface area contributed by atoms with Gasteiger partial charge in [0.05, 0.1) is 12.2 Å². The fourth-order valence-corrected chi connectivity index (χ4v) is 4.71. The monoisotopic (exact) mass is 578 g/mol. The first-order valence-electron chi connectivity index (χ1n) is 12.7. The summed E-state index contributed by atoms with van der Waals surface area (Å²) in [6.07, 6.45) is -14.3. The number of hydrogen-bond acceptors (Lipinski definition) is 14. The van der Waals surface area contributed by atoms with Crippen LogP contribution in [-0.2, 0) is 9.47 Å². The molecule has 5 rings (SSSR count). The van der Waals surface area contributed by atoms with Gasteiger partial charge in [-0.05, 0) is 38.1 Å². The number of aliphatic hydroxyl groups excluding tert-OH is 6. The van der Waals surface area contributed by atoms with Gasteiger partial charge in [-0.1, -0.05) is 0 Å². The van der Waals surface area contributed by atoms with Crippen molar-refractivity contribution in [3.8, 4) is 34.3 Å². The molecule has 0 saturated carbocycles. The third-order valence-electron chi connectivity index (χ3n) is 7.14. The van der Waals surface area contributed by atoms with Gasteiger partial charge >= 0.3 is 0 Å². The van der Waals surface area contributed by atoms with Crippen molar-refractivity contribution in [2.45, 2.75) is 75.3 Å². The Balaban J connectivity index is 1.58. The number of phenols is 2. The maximum Gasteiger partial charge on any atom is 0.239 e. The lowest BCUT2D eigenvalue weighted by Crippen LogP contribution is -2.58. The van der Waals surface area contributed by atoms with E-state index in [1.165, 1.54) is 44.2 Å². The molecule has 0 bridgehead atoms. The van der Waals surface area contributed by atoms with Crippen molar-refractivity contribution < 1.29 is 64.2 Å². The van der Waals surface area contributed by atoms with Crippen molar-refractivity contribution in [1.82, 2.24) is 0 Å². The van der Waals surface area contributed by atoms with Crippen molar-refractivity contribution in [2.75, 3.05) is 0 Å². The van der Waals surface area contributed by atoms with Gasteiger partial charge in [-0.3, -0.25) is 4.79 Å². The summed E-state index contributed by atoms with van der Waals surface area (Å²) in [4.78, 5) is 13.7. The molecule has 10 atom stereocenters. The van der Waals surface area contributed by atoms with Gasteiger partial charge < -0.3 is 64.2 Å². The molecule has 8 N–H and O–H groups in total. The molecule has 14 nitrogen and oxygen atoms in total. The Kier molecular flexibility index (Phi) is 7.84. The van der Waals surface area contributed by atoms with Gasteiger partial charge in [-0.25, -0.2) is 0 Å². The third kappa shape index (κ3) is 5.31. The third-order valence-corrected chi connectivity index (χ3v) is 7.14. The Labute approximate surface area is 231 Å². The summed E-state index contributed by atoms with van der Waals surface area (Å²) in [5.74, 6) is -1.55. The van der Waals surface area contributed by atoms with Crippen molar-refractivity contribution in [3.05, 3.63) is 46.6 Å². The summed E-state index contributed by atoms with van der Waals surface area (Å²) >= 11 is 0. The molecule has 222 valence electrons. The van der Waals surface area contributed by atoms with E-state index in [1.54, 1.807) is 0 Å². The van der Waals surface area contributed by atoms with E-state index in [-0.39, 0.29) is 33.8 Å². The van der Waals surface area contributed by atoms with E-state index < -0.39 is 78.3 Å². The van der Waals surface area contributed by atoms with Crippen LogP contribution in [0.1, 0.15) is 13.8 Å². The number of aromatic hydroxyl groups is 2. The van der Waals surface area contributed by atoms with Gasteiger partial charge in [0, 0.05) is 17.7 Å². The van der Waals surface area contributed by atoms with E-state index in [1.807, 2.05) is 0 Å². The van der Waals surface area contributed by atoms with Crippen molar-refractivity contribution in [1.29, 1.82) is 0 Å². The molecule has 2 aliphatic heterocycles. The molecule has 3 aromatic rings. The normalized spacial score (nSPS) is 34.0. The molecule has 2 saturated heterocycles. The van der Waals surface area contributed by atoms with Crippen LogP contribution in [-0.4, -0.2) is 102 Å². The second-order valence-electron chi connectivity index (χ2n) is 10.1. The zero-order valence-electron chi connectivity index (χ0n) is 21.8. The van der Waals surface area contributed by atoms with Crippen LogP contribution >= 0.6 is 0 Å². The van der Waals surface area contributed by atoms with Crippen molar-refractivity contribution in [3.63, 3.8) is 0 Å². The van der Waals surface area contributed by atoms with Gasteiger partial charge in [0.25, 0.3) is 0 Å². The van der Waals surface area contributed by atoms with Crippen LogP contribution in [0, 0.1) is 0 Å². The Morgan fingerprint density at radius 3 is 1.80 bits per heavy atom. The number of aliphatic hydroxyl groups is 6. The van der Waals surface area contributed by atoms with Gasteiger partial charge in [-0.15, -0.1) is 0 Å². The van der Waals surface area contributed by atoms with E-state index >= 15 is 0 Å². The van der Waals surface area contributed by atoms with Crippen LogP contribution < -0.4 is 14.9 Å². The molecule has 2 unspecified atom stereocenters. The Morgan fingerprint density at radius 2 is 1.24 bits per heavy atom. The summed E-state index contributed by atoms with van der Waals surface area (Å²) in [6.45, 7) is 2.90. The number of fused-ring (bicyclic) bond motifs is 1. The molecule has 14 heteroatoms. The summed E-state index contributed by atoms with van der Waals surface area (Å²) < 4.78 is 28.2. The van der Waals surface area contributed by atoms with E-state index in [0.29, 0.717) is 0 Å². The summed E-state index contributed by atoms with van der Waals surface area (Å²) in [5.41, 5.74) is -0.865. The maximum absolute atomic E-state index is 13.7. The smallest absolute Gasteiger partial charge is 0.239 e. The predicted molar refractivity (Wildman–Crippen MR) is 137 cm³/mol. The largest absolute Gasteiger partial charge is 0.508 e. The van der Waals surface area contributed by atoms with Crippen LogP contribution in [0.2, 0.25) is 0 Å². The molecule has 1 aromatic heterocycles. The fraction of sp³-hybridized carbons (Fsp3) is 0.444.